The predicted octanol–water partition coefficient (Wildman–Crippen LogP) is 5.80. The third-order valence-electron chi connectivity index (χ3n) is 2.33. The fourth-order valence-corrected chi connectivity index (χ4v) is 3.36. The second kappa shape index (κ2) is 5.09. The summed E-state index contributed by atoms with van der Waals surface area (Å²) in [4.78, 5) is 1.12. The largest absolute Gasteiger partial charge is 0.131 e. The van der Waals surface area contributed by atoms with E-state index in [1.165, 1.54) is 0 Å². The van der Waals surface area contributed by atoms with Crippen LogP contribution in [0.5, 0.6) is 0 Å². The minimum absolute atomic E-state index is 0.130. The Morgan fingerprint density at radius 3 is 2.56 bits per heavy atom. The zero-order valence-electron chi connectivity index (χ0n) is 8.51. The Kier molecular flexibility index (Phi) is 3.96. The van der Waals surface area contributed by atoms with Crippen molar-refractivity contribution in [2.24, 2.45) is 0 Å². The molecule has 0 aliphatic carbocycles. The highest BCUT2D eigenvalue weighted by Gasteiger charge is 2.13. The van der Waals surface area contributed by atoms with Crippen LogP contribution in [0.15, 0.2) is 34.1 Å². The van der Waals surface area contributed by atoms with Crippen LogP contribution < -0.4 is 0 Å². The van der Waals surface area contributed by atoms with Gasteiger partial charge in [-0.05, 0) is 52.2 Å². The van der Waals surface area contributed by atoms with E-state index in [1.54, 1.807) is 11.3 Å². The smallest absolute Gasteiger partial charge is 0.0928 e. The molecule has 0 aliphatic rings. The first-order valence-corrected chi connectivity index (χ1v) is 7.15. The van der Waals surface area contributed by atoms with Gasteiger partial charge in [0.1, 0.15) is 0 Å². The van der Waals surface area contributed by atoms with Crippen LogP contribution in [0.25, 0.3) is 0 Å². The summed E-state index contributed by atoms with van der Waals surface area (Å²) in [5.74, 6) is 0. The maximum Gasteiger partial charge on any atom is 0.0928 e. The van der Waals surface area contributed by atoms with Crippen LogP contribution in [0.2, 0.25) is 5.02 Å². The molecule has 1 atom stereocenters. The summed E-state index contributed by atoms with van der Waals surface area (Å²) in [7, 11) is 0. The topological polar surface area (TPSA) is 0 Å². The molecule has 16 heavy (non-hydrogen) atoms. The molecule has 1 aromatic carbocycles. The highest BCUT2D eigenvalue weighted by molar-refractivity contribution is 9.11. The molecule has 0 saturated heterocycles. The maximum atomic E-state index is 6.40. The van der Waals surface area contributed by atoms with Crippen molar-refractivity contribution >= 4 is 50.5 Å². The number of aryl methyl sites for hydroxylation is 1. The van der Waals surface area contributed by atoms with Crippen LogP contribution in [-0.2, 0) is 0 Å². The van der Waals surface area contributed by atoms with Gasteiger partial charge in [-0.1, -0.05) is 23.7 Å². The first kappa shape index (κ1) is 12.4. The molecule has 0 spiro atoms. The van der Waals surface area contributed by atoms with Crippen LogP contribution in [0.3, 0.4) is 0 Å². The van der Waals surface area contributed by atoms with Crippen LogP contribution in [0.4, 0.5) is 0 Å². The van der Waals surface area contributed by atoms with E-state index in [0.717, 1.165) is 24.8 Å². The molecule has 1 heterocycles. The Morgan fingerprint density at radius 2 is 2.00 bits per heavy atom. The first-order chi connectivity index (χ1) is 7.58. The lowest BCUT2D eigenvalue weighted by molar-refractivity contribution is 1.18. The molecule has 0 fully saturated rings. The van der Waals surface area contributed by atoms with E-state index < -0.39 is 0 Å². The van der Waals surface area contributed by atoms with Gasteiger partial charge in [-0.25, -0.2) is 0 Å². The van der Waals surface area contributed by atoms with Crippen molar-refractivity contribution in [1.29, 1.82) is 0 Å². The number of hydrogen-bond donors (Lipinski definition) is 0. The van der Waals surface area contributed by atoms with Crippen molar-refractivity contribution < 1.29 is 0 Å². The molecular weight excluding hydrogens is 327 g/mol. The summed E-state index contributed by atoms with van der Waals surface area (Å²) >= 11 is 17.6. The predicted molar refractivity (Wildman–Crippen MR) is 75.9 cm³/mol. The maximum absolute atomic E-state index is 6.40. The number of hydrogen-bond acceptors (Lipinski definition) is 1. The summed E-state index contributed by atoms with van der Waals surface area (Å²) in [6, 6.07) is 9.98. The number of rotatable bonds is 2. The molecule has 1 unspecified atom stereocenters. The summed E-state index contributed by atoms with van der Waals surface area (Å²) in [6.45, 7) is 1.98. The zero-order valence-corrected chi connectivity index (χ0v) is 12.4. The molecule has 0 N–H and O–H groups in total. The molecule has 0 saturated carbocycles. The number of alkyl halides is 1. The molecule has 0 nitrogen and oxygen atoms in total. The molecule has 2 rings (SSSR count). The zero-order chi connectivity index (χ0) is 11.7. The first-order valence-electron chi connectivity index (χ1n) is 4.73. The Morgan fingerprint density at radius 1 is 1.25 bits per heavy atom. The van der Waals surface area contributed by atoms with E-state index >= 15 is 0 Å². The lowest BCUT2D eigenvalue weighted by atomic mass is 10.1. The molecule has 0 aliphatic heterocycles. The van der Waals surface area contributed by atoms with Gasteiger partial charge >= 0.3 is 0 Å². The van der Waals surface area contributed by atoms with Gasteiger partial charge in [0.2, 0.25) is 0 Å². The molecular formula is C12H9BrCl2S. The van der Waals surface area contributed by atoms with Crippen LogP contribution in [-0.4, -0.2) is 0 Å². The quantitative estimate of drug-likeness (QED) is 0.608. The van der Waals surface area contributed by atoms with Crippen LogP contribution in [0.1, 0.15) is 21.4 Å². The second-order valence-electron chi connectivity index (χ2n) is 3.51. The molecule has 4 heteroatoms. The van der Waals surface area contributed by atoms with Crippen molar-refractivity contribution in [1.82, 2.24) is 0 Å². The van der Waals surface area contributed by atoms with Gasteiger partial charge in [0.15, 0.2) is 0 Å². The Bertz CT molecular complexity index is 507. The van der Waals surface area contributed by atoms with Gasteiger partial charge in [0.05, 0.1) is 9.16 Å². The number of thiophene rings is 1. The van der Waals surface area contributed by atoms with Crippen molar-refractivity contribution in [2.45, 2.75) is 12.3 Å². The Labute approximate surface area is 117 Å². The summed E-state index contributed by atoms with van der Waals surface area (Å²) < 4.78 is 1.09. The molecule has 1 aromatic heterocycles. The van der Waals surface area contributed by atoms with E-state index in [1.807, 2.05) is 37.3 Å². The monoisotopic (exact) mass is 334 g/mol. The van der Waals surface area contributed by atoms with Crippen LogP contribution >= 0.6 is 50.5 Å². The Hall–Kier alpha value is -0.0200. The average Bonchev–Trinajstić information content (AvgIpc) is 2.68. The third-order valence-corrected chi connectivity index (χ3v) is 5.04. The van der Waals surface area contributed by atoms with Crippen molar-refractivity contribution in [3.8, 4) is 0 Å². The summed E-state index contributed by atoms with van der Waals surface area (Å²) in [5.41, 5.74) is 2.10. The van der Waals surface area contributed by atoms with Gasteiger partial charge in [-0.2, -0.15) is 0 Å². The van der Waals surface area contributed by atoms with E-state index in [-0.39, 0.29) is 5.38 Å². The third kappa shape index (κ3) is 2.62. The summed E-state index contributed by atoms with van der Waals surface area (Å²) in [5, 5.41) is 0.633. The number of halogens is 3. The highest BCUT2D eigenvalue weighted by Crippen LogP contribution is 2.36. The molecule has 0 amide bonds. The fourth-order valence-electron chi connectivity index (χ4n) is 1.40. The van der Waals surface area contributed by atoms with E-state index in [4.69, 9.17) is 23.2 Å². The van der Waals surface area contributed by atoms with Gasteiger partial charge < -0.3 is 0 Å². The van der Waals surface area contributed by atoms with Crippen molar-refractivity contribution in [3.05, 3.63) is 55.1 Å². The minimum atomic E-state index is -0.130. The minimum Gasteiger partial charge on any atom is -0.131 e. The summed E-state index contributed by atoms with van der Waals surface area (Å²) in [6.07, 6.45) is 0. The standard InChI is InChI=1S/C12H9BrCl2S/c1-7-2-3-8(6-9(7)14)12(15)10-4-5-11(13)16-10/h2-6,12H,1H3. The van der Waals surface area contributed by atoms with Gasteiger partial charge in [0, 0.05) is 9.90 Å². The molecule has 0 radical (unpaired) electrons. The van der Waals surface area contributed by atoms with Crippen molar-refractivity contribution in [2.75, 3.05) is 0 Å². The van der Waals surface area contributed by atoms with E-state index in [2.05, 4.69) is 15.9 Å². The SMILES string of the molecule is Cc1ccc(C(Cl)c2ccc(Br)s2)cc1Cl. The van der Waals surface area contributed by atoms with E-state index in [0.29, 0.717) is 0 Å². The van der Waals surface area contributed by atoms with Gasteiger partial charge in [0.25, 0.3) is 0 Å². The van der Waals surface area contributed by atoms with Crippen LogP contribution in [0, 0.1) is 6.92 Å². The van der Waals surface area contributed by atoms with Crippen molar-refractivity contribution in [3.63, 3.8) is 0 Å². The number of benzene rings is 1. The van der Waals surface area contributed by atoms with E-state index in [9.17, 15) is 0 Å². The fraction of sp³-hybridized carbons (Fsp3) is 0.167. The lowest BCUT2D eigenvalue weighted by Crippen LogP contribution is -1.90. The van der Waals surface area contributed by atoms with Gasteiger partial charge in [-0.15, -0.1) is 22.9 Å². The van der Waals surface area contributed by atoms with Gasteiger partial charge in [-0.3, -0.25) is 0 Å². The lowest BCUT2D eigenvalue weighted by Gasteiger charge is -2.09. The Balaban J connectivity index is 2.33. The molecule has 0 bridgehead atoms. The normalized spacial score (nSPS) is 12.8. The second-order valence-corrected chi connectivity index (χ2v) is 6.85. The average molecular weight is 336 g/mol. The molecule has 84 valence electrons. The molecule has 2 aromatic rings. The highest BCUT2D eigenvalue weighted by atomic mass is 79.9.